The first-order valence-electron chi connectivity index (χ1n) is 2.70. The lowest BCUT2D eigenvalue weighted by atomic mass is 10.1. The number of hydrogen-bond acceptors (Lipinski definition) is 2. The molecule has 2 nitrogen and oxygen atoms in total. The van der Waals surface area contributed by atoms with E-state index in [0.29, 0.717) is 13.0 Å². The molecule has 2 unspecified atom stereocenters. The van der Waals surface area contributed by atoms with Gasteiger partial charge in [0.2, 0.25) is 0 Å². The Balaban J connectivity index is 2.28. The van der Waals surface area contributed by atoms with Crippen molar-refractivity contribution in [2.75, 3.05) is 13.2 Å². The van der Waals surface area contributed by atoms with Crippen molar-refractivity contribution in [3.8, 4) is 0 Å². The van der Waals surface area contributed by atoms with E-state index in [0.717, 1.165) is 0 Å². The fourth-order valence-electron chi connectivity index (χ4n) is 0.697. The summed E-state index contributed by atoms with van der Waals surface area (Å²) in [6.07, 6.45) is -1.62. The van der Waals surface area contributed by atoms with Gasteiger partial charge in [-0.05, 0) is 0 Å². The van der Waals surface area contributed by atoms with Gasteiger partial charge < -0.3 is 9.84 Å². The van der Waals surface area contributed by atoms with Crippen molar-refractivity contribution in [3.63, 3.8) is 0 Å². The summed E-state index contributed by atoms with van der Waals surface area (Å²) in [7, 11) is 0. The average molecular weight is 120 g/mol. The topological polar surface area (TPSA) is 29.5 Å². The van der Waals surface area contributed by atoms with Gasteiger partial charge in [0.15, 0.2) is 0 Å². The maximum absolute atomic E-state index is 12.2. The van der Waals surface area contributed by atoms with E-state index in [1.165, 1.54) is 0 Å². The lowest BCUT2D eigenvalue weighted by Crippen LogP contribution is -2.33. The van der Waals surface area contributed by atoms with E-state index >= 15 is 0 Å². The monoisotopic (exact) mass is 120 g/mol. The molecule has 1 aliphatic heterocycles. The van der Waals surface area contributed by atoms with Crippen molar-refractivity contribution in [2.45, 2.75) is 18.7 Å². The Morgan fingerprint density at radius 1 is 1.62 bits per heavy atom. The van der Waals surface area contributed by atoms with Crippen molar-refractivity contribution < 1.29 is 14.2 Å². The highest BCUT2D eigenvalue weighted by Crippen LogP contribution is 2.09. The molecule has 1 fully saturated rings. The van der Waals surface area contributed by atoms with Gasteiger partial charge in [0.05, 0.1) is 6.61 Å². The summed E-state index contributed by atoms with van der Waals surface area (Å²) in [5.41, 5.74) is 0. The van der Waals surface area contributed by atoms with Gasteiger partial charge >= 0.3 is 0 Å². The van der Waals surface area contributed by atoms with E-state index in [2.05, 4.69) is 0 Å². The quantitative estimate of drug-likeness (QED) is 0.491. The van der Waals surface area contributed by atoms with Crippen LogP contribution < -0.4 is 0 Å². The Labute approximate surface area is 47.3 Å². The van der Waals surface area contributed by atoms with Crippen molar-refractivity contribution in [1.82, 2.24) is 0 Å². The average Bonchev–Trinajstić information content (AvgIpc) is 1.77. The number of rotatable bonds is 0. The van der Waals surface area contributed by atoms with Crippen LogP contribution in [0.2, 0.25) is 0 Å². The zero-order chi connectivity index (χ0) is 5.98. The van der Waals surface area contributed by atoms with E-state index in [1.807, 2.05) is 0 Å². The highest BCUT2D eigenvalue weighted by molar-refractivity contribution is 4.70. The molecule has 0 aliphatic carbocycles. The summed E-state index contributed by atoms with van der Waals surface area (Å²) in [6.45, 7) is 0.597. The minimum absolute atomic E-state index is 0.154. The molecule has 1 aliphatic rings. The van der Waals surface area contributed by atoms with Crippen LogP contribution in [0.25, 0.3) is 0 Å². The standard InChI is InChI=1S/C5H9FO2/c6-4-1-2-8-3-5(4)7/h4-5,7H,1-3H2. The first-order valence-corrected chi connectivity index (χ1v) is 2.70. The number of alkyl halides is 1. The van der Waals surface area contributed by atoms with Gasteiger partial charge in [-0.1, -0.05) is 0 Å². The molecule has 1 N–H and O–H groups in total. The van der Waals surface area contributed by atoms with E-state index in [4.69, 9.17) is 9.84 Å². The summed E-state index contributed by atoms with van der Waals surface area (Å²) in [6, 6.07) is 0. The number of halogens is 1. The number of aliphatic hydroxyl groups excluding tert-OH is 1. The lowest BCUT2D eigenvalue weighted by molar-refractivity contribution is -0.0547. The van der Waals surface area contributed by atoms with Crippen LogP contribution in [0.4, 0.5) is 4.39 Å². The first kappa shape index (κ1) is 5.98. The highest BCUT2D eigenvalue weighted by atomic mass is 19.1. The smallest absolute Gasteiger partial charge is 0.130 e. The largest absolute Gasteiger partial charge is 0.388 e. The van der Waals surface area contributed by atoms with E-state index in [1.54, 1.807) is 0 Å². The molecule has 0 saturated carbocycles. The summed E-state index contributed by atoms with van der Waals surface area (Å²) in [5, 5.41) is 8.68. The van der Waals surface area contributed by atoms with Gasteiger partial charge in [-0.15, -0.1) is 0 Å². The molecule has 0 aromatic heterocycles. The SMILES string of the molecule is OC1COCCC1F. The molecular formula is C5H9FO2. The molecule has 3 heteroatoms. The van der Waals surface area contributed by atoms with Gasteiger partial charge in [0, 0.05) is 13.0 Å². The van der Waals surface area contributed by atoms with Crippen molar-refractivity contribution in [2.24, 2.45) is 0 Å². The number of aliphatic hydroxyl groups is 1. The molecule has 0 bridgehead atoms. The molecule has 0 aromatic carbocycles. The minimum atomic E-state index is -1.07. The van der Waals surface area contributed by atoms with Crippen molar-refractivity contribution in [1.29, 1.82) is 0 Å². The van der Waals surface area contributed by atoms with Crippen LogP contribution in [0.3, 0.4) is 0 Å². The Morgan fingerprint density at radius 2 is 2.38 bits per heavy atom. The minimum Gasteiger partial charge on any atom is -0.388 e. The zero-order valence-corrected chi connectivity index (χ0v) is 4.51. The molecule has 0 aromatic rings. The van der Waals surface area contributed by atoms with Crippen molar-refractivity contribution in [3.05, 3.63) is 0 Å². The number of ether oxygens (including phenoxy) is 1. The van der Waals surface area contributed by atoms with E-state index < -0.39 is 12.3 Å². The Kier molecular flexibility index (Phi) is 1.81. The normalized spacial score (nSPS) is 39.8. The molecule has 0 amide bonds. The maximum Gasteiger partial charge on any atom is 0.130 e. The molecule has 1 rings (SSSR count). The second kappa shape index (κ2) is 2.42. The summed E-state index contributed by atoms with van der Waals surface area (Å²) < 4.78 is 17.0. The van der Waals surface area contributed by atoms with Gasteiger partial charge in [-0.3, -0.25) is 0 Å². The molecule has 1 saturated heterocycles. The molecule has 0 spiro atoms. The predicted octanol–water partition coefficient (Wildman–Crippen LogP) is 0.106. The second-order valence-electron chi connectivity index (χ2n) is 1.95. The zero-order valence-electron chi connectivity index (χ0n) is 4.51. The van der Waals surface area contributed by atoms with Gasteiger partial charge in [-0.2, -0.15) is 0 Å². The summed E-state index contributed by atoms with van der Waals surface area (Å²) in [5.74, 6) is 0. The van der Waals surface area contributed by atoms with Gasteiger partial charge in [-0.25, -0.2) is 4.39 Å². The van der Waals surface area contributed by atoms with Crippen LogP contribution in [-0.4, -0.2) is 30.6 Å². The fraction of sp³-hybridized carbons (Fsp3) is 1.00. The van der Waals surface area contributed by atoms with Gasteiger partial charge in [0.25, 0.3) is 0 Å². The van der Waals surface area contributed by atoms with Gasteiger partial charge in [0.1, 0.15) is 12.3 Å². The summed E-state index contributed by atoms with van der Waals surface area (Å²) in [4.78, 5) is 0. The molecule has 2 atom stereocenters. The van der Waals surface area contributed by atoms with E-state index in [9.17, 15) is 4.39 Å². The van der Waals surface area contributed by atoms with Crippen LogP contribution in [-0.2, 0) is 4.74 Å². The lowest BCUT2D eigenvalue weighted by Gasteiger charge is -2.20. The molecule has 1 heterocycles. The Bertz CT molecular complexity index is 66.8. The van der Waals surface area contributed by atoms with Crippen LogP contribution in [0.5, 0.6) is 0 Å². The predicted molar refractivity (Wildman–Crippen MR) is 26.3 cm³/mol. The molecular weight excluding hydrogens is 111 g/mol. The third-order valence-electron chi connectivity index (χ3n) is 1.24. The molecule has 8 heavy (non-hydrogen) atoms. The molecule has 48 valence electrons. The van der Waals surface area contributed by atoms with Crippen LogP contribution in [0, 0.1) is 0 Å². The second-order valence-corrected chi connectivity index (χ2v) is 1.95. The highest BCUT2D eigenvalue weighted by Gasteiger charge is 2.22. The summed E-state index contributed by atoms with van der Waals surface area (Å²) >= 11 is 0. The Hall–Kier alpha value is -0.150. The van der Waals surface area contributed by atoms with Crippen LogP contribution in [0.15, 0.2) is 0 Å². The third kappa shape index (κ3) is 1.17. The van der Waals surface area contributed by atoms with Crippen LogP contribution >= 0.6 is 0 Å². The maximum atomic E-state index is 12.2. The van der Waals surface area contributed by atoms with E-state index in [-0.39, 0.29) is 6.61 Å². The Morgan fingerprint density at radius 3 is 2.75 bits per heavy atom. The van der Waals surface area contributed by atoms with Crippen LogP contribution in [0.1, 0.15) is 6.42 Å². The number of hydrogen-bond donors (Lipinski definition) is 1. The van der Waals surface area contributed by atoms with Crippen molar-refractivity contribution >= 4 is 0 Å². The fourth-order valence-corrected chi connectivity index (χ4v) is 0.697. The first-order chi connectivity index (χ1) is 3.80. The molecule has 0 radical (unpaired) electrons. The third-order valence-corrected chi connectivity index (χ3v) is 1.24.